The molecule has 3 rings (SSSR count). The van der Waals surface area contributed by atoms with Crippen LogP contribution in [-0.2, 0) is 0 Å². The molecule has 2 aromatic rings. The number of nitrogens with two attached hydrogens (primary N) is 1. The summed E-state index contributed by atoms with van der Waals surface area (Å²) in [6.45, 7) is 7.18. The minimum atomic E-state index is -0.395. The lowest BCUT2D eigenvalue weighted by molar-refractivity contribution is 0.209. The molecule has 5 heteroatoms. The second-order valence-electron chi connectivity index (χ2n) is 7.17. The van der Waals surface area contributed by atoms with E-state index in [4.69, 9.17) is 9.47 Å². The molecule has 2 N–H and O–H groups in total. The predicted molar refractivity (Wildman–Crippen MR) is 115 cm³/mol. The van der Waals surface area contributed by atoms with Crippen molar-refractivity contribution in [2.24, 2.45) is 5.73 Å². The van der Waals surface area contributed by atoms with Crippen molar-refractivity contribution < 1.29 is 14.3 Å². The Morgan fingerprint density at radius 2 is 1.89 bits per heavy atom. The molecule has 1 amide bonds. The normalized spacial score (nSPS) is 14.6. The first-order valence-electron chi connectivity index (χ1n) is 9.89. The van der Waals surface area contributed by atoms with Crippen LogP contribution < -0.4 is 20.1 Å². The summed E-state index contributed by atoms with van der Waals surface area (Å²) in [4.78, 5) is 14.0. The Hall–Kier alpha value is -2.53. The molecule has 0 spiro atoms. The number of hydrogen-bond donors (Lipinski definition) is 1. The van der Waals surface area contributed by atoms with Crippen LogP contribution in [0.5, 0.6) is 11.5 Å². The number of ether oxygens (including phenoxy) is 2. The standard InChI is InChI=1S/C22H27NO3.CH5N/c1-5-6-17-14-25-21-12-11-19(13-20(17)21)26-22(24)23(4)18-9-7-16(8-10-18)15(2)3;1-2/h7-13,15,17H,5-6,14H2,1-4H3;2H2,1H3. The number of hydrogen-bond acceptors (Lipinski definition) is 4. The SMILES string of the molecule is CCCC1COc2ccc(OC(=O)N(C)c3ccc(C(C)C)cc3)cc21.CN. The smallest absolute Gasteiger partial charge is 0.419 e. The van der Waals surface area contributed by atoms with E-state index >= 15 is 0 Å². The first kappa shape index (κ1) is 21.8. The van der Waals surface area contributed by atoms with Crippen LogP contribution >= 0.6 is 0 Å². The Balaban J connectivity index is 0.00000136. The second-order valence-corrected chi connectivity index (χ2v) is 7.17. The summed E-state index contributed by atoms with van der Waals surface area (Å²) in [5, 5.41) is 0. The predicted octanol–water partition coefficient (Wildman–Crippen LogP) is 5.30. The van der Waals surface area contributed by atoms with E-state index < -0.39 is 6.09 Å². The molecule has 2 aromatic carbocycles. The highest BCUT2D eigenvalue weighted by atomic mass is 16.6. The van der Waals surface area contributed by atoms with Gasteiger partial charge in [0.1, 0.15) is 11.5 Å². The molecule has 28 heavy (non-hydrogen) atoms. The second kappa shape index (κ2) is 10.1. The fourth-order valence-electron chi connectivity index (χ4n) is 3.27. The first-order valence-corrected chi connectivity index (χ1v) is 9.89. The third kappa shape index (κ3) is 5.04. The Morgan fingerprint density at radius 3 is 2.50 bits per heavy atom. The van der Waals surface area contributed by atoms with Crippen LogP contribution in [0.25, 0.3) is 0 Å². The van der Waals surface area contributed by atoms with E-state index in [2.05, 4.69) is 26.5 Å². The molecule has 0 saturated carbocycles. The number of nitrogens with zero attached hydrogens (tertiary/aromatic N) is 1. The van der Waals surface area contributed by atoms with Gasteiger partial charge in [-0.3, -0.25) is 4.90 Å². The molecule has 0 radical (unpaired) electrons. The van der Waals surface area contributed by atoms with E-state index in [0.29, 0.717) is 24.2 Å². The molecular weight excluding hydrogens is 352 g/mol. The highest BCUT2D eigenvalue weighted by Crippen LogP contribution is 2.38. The number of rotatable bonds is 5. The minimum Gasteiger partial charge on any atom is -0.493 e. The van der Waals surface area contributed by atoms with Crippen molar-refractivity contribution in [1.82, 2.24) is 0 Å². The summed E-state index contributed by atoms with van der Waals surface area (Å²) in [7, 11) is 3.23. The molecule has 1 heterocycles. The van der Waals surface area contributed by atoms with Crippen LogP contribution in [0.15, 0.2) is 42.5 Å². The first-order chi connectivity index (χ1) is 13.5. The largest absolute Gasteiger partial charge is 0.493 e. The van der Waals surface area contributed by atoms with Gasteiger partial charge in [0.05, 0.1) is 6.61 Å². The van der Waals surface area contributed by atoms with Crippen molar-refractivity contribution in [3.63, 3.8) is 0 Å². The number of carbonyl (C=O) groups is 1. The molecule has 1 atom stereocenters. The highest BCUT2D eigenvalue weighted by Gasteiger charge is 2.24. The van der Waals surface area contributed by atoms with Crippen LogP contribution in [0.4, 0.5) is 10.5 Å². The minimum absolute atomic E-state index is 0.384. The van der Waals surface area contributed by atoms with Crippen molar-refractivity contribution in [2.75, 3.05) is 25.6 Å². The zero-order valence-electron chi connectivity index (χ0n) is 17.6. The summed E-state index contributed by atoms with van der Waals surface area (Å²) in [6.07, 6.45) is 1.78. The van der Waals surface area contributed by atoms with Crippen molar-refractivity contribution in [3.8, 4) is 11.5 Å². The third-order valence-electron chi connectivity index (χ3n) is 4.92. The molecule has 152 valence electrons. The lowest BCUT2D eigenvalue weighted by atomic mass is 9.96. The summed E-state index contributed by atoms with van der Waals surface area (Å²) in [6, 6.07) is 13.6. The molecule has 1 unspecified atom stereocenters. The van der Waals surface area contributed by atoms with E-state index in [1.807, 2.05) is 36.4 Å². The van der Waals surface area contributed by atoms with E-state index in [9.17, 15) is 4.79 Å². The highest BCUT2D eigenvalue weighted by molar-refractivity contribution is 5.88. The summed E-state index contributed by atoms with van der Waals surface area (Å²) >= 11 is 0. The molecule has 0 aliphatic carbocycles. The zero-order chi connectivity index (χ0) is 20.7. The molecule has 0 saturated heterocycles. The summed E-state index contributed by atoms with van der Waals surface area (Å²) < 4.78 is 11.3. The molecule has 0 bridgehead atoms. The van der Waals surface area contributed by atoms with Crippen LogP contribution in [0, 0.1) is 0 Å². The van der Waals surface area contributed by atoms with Crippen molar-refractivity contribution in [3.05, 3.63) is 53.6 Å². The van der Waals surface area contributed by atoms with Gasteiger partial charge in [0.25, 0.3) is 0 Å². The average molecular weight is 385 g/mol. The Morgan fingerprint density at radius 1 is 1.21 bits per heavy atom. The Labute approximate surface area is 168 Å². The van der Waals surface area contributed by atoms with Gasteiger partial charge < -0.3 is 15.2 Å². The van der Waals surface area contributed by atoms with Crippen LogP contribution in [0.1, 0.15) is 56.6 Å². The average Bonchev–Trinajstić information content (AvgIpc) is 3.11. The number of amides is 1. The lowest BCUT2D eigenvalue weighted by Crippen LogP contribution is -2.29. The maximum absolute atomic E-state index is 12.5. The van der Waals surface area contributed by atoms with Gasteiger partial charge in [-0.1, -0.05) is 39.3 Å². The number of carbonyl (C=O) groups excluding carboxylic acids is 1. The summed E-state index contributed by atoms with van der Waals surface area (Å²) in [5.74, 6) is 2.31. The van der Waals surface area contributed by atoms with Crippen molar-refractivity contribution >= 4 is 11.8 Å². The Bertz CT molecular complexity index is 770. The van der Waals surface area contributed by atoms with Crippen LogP contribution in [0.3, 0.4) is 0 Å². The van der Waals surface area contributed by atoms with Crippen LogP contribution in [-0.4, -0.2) is 26.8 Å². The number of fused-ring (bicyclic) bond motifs is 1. The van der Waals surface area contributed by atoms with E-state index in [0.717, 1.165) is 29.8 Å². The van der Waals surface area contributed by atoms with E-state index in [1.165, 1.54) is 17.5 Å². The summed E-state index contributed by atoms with van der Waals surface area (Å²) in [5.41, 5.74) is 7.70. The van der Waals surface area contributed by atoms with Crippen molar-refractivity contribution in [1.29, 1.82) is 0 Å². The fraction of sp³-hybridized carbons (Fsp3) is 0.435. The molecule has 1 aliphatic rings. The van der Waals surface area contributed by atoms with Gasteiger partial charge in [-0.25, -0.2) is 4.79 Å². The van der Waals surface area contributed by atoms with Crippen LogP contribution in [0.2, 0.25) is 0 Å². The maximum Gasteiger partial charge on any atom is 0.419 e. The fourth-order valence-corrected chi connectivity index (χ4v) is 3.27. The quantitative estimate of drug-likeness (QED) is 0.760. The molecule has 5 nitrogen and oxygen atoms in total. The van der Waals surface area contributed by atoms with Gasteiger partial charge in [0.2, 0.25) is 0 Å². The molecule has 0 fully saturated rings. The zero-order valence-corrected chi connectivity index (χ0v) is 17.6. The number of anilines is 1. The van der Waals surface area contributed by atoms with Gasteiger partial charge in [0.15, 0.2) is 0 Å². The van der Waals surface area contributed by atoms with E-state index in [1.54, 1.807) is 13.1 Å². The maximum atomic E-state index is 12.5. The van der Waals surface area contributed by atoms with Gasteiger partial charge in [-0.05, 0) is 55.3 Å². The van der Waals surface area contributed by atoms with Gasteiger partial charge >= 0.3 is 6.09 Å². The molecule has 1 aliphatic heterocycles. The molecular formula is C23H32N2O3. The molecule has 0 aromatic heterocycles. The van der Waals surface area contributed by atoms with Gasteiger partial charge in [-0.2, -0.15) is 0 Å². The third-order valence-corrected chi connectivity index (χ3v) is 4.92. The number of benzene rings is 2. The van der Waals surface area contributed by atoms with E-state index in [-0.39, 0.29) is 0 Å². The lowest BCUT2D eigenvalue weighted by Gasteiger charge is -2.18. The van der Waals surface area contributed by atoms with Gasteiger partial charge in [0, 0.05) is 24.2 Å². The topological polar surface area (TPSA) is 64.8 Å². The van der Waals surface area contributed by atoms with Gasteiger partial charge in [-0.15, -0.1) is 0 Å². The monoisotopic (exact) mass is 384 g/mol. The Kier molecular flexibility index (Phi) is 7.88. The van der Waals surface area contributed by atoms with Crippen molar-refractivity contribution in [2.45, 2.75) is 45.4 Å².